The maximum absolute atomic E-state index is 6.02. The van der Waals surface area contributed by atoms with Gasteiger partial charge in [0.15, 0.2) is 0 Å². The Kier molecular flexibility index (Phi) is 2.15. The second-order valence-electron chi connectivity index (χ2n) is 6.70. The van der Waals surface area contributed by atoms with Gasteiger partial charge in [-0.25, -0.2) is 0 Å². The number of hydrogen-bond donors (Lipinski definition) is 0. The molecule has 5 rings (SSSR count). The highest BCUT2D eigenvalue weighted by atomic mass is 35.5. The zero-order chi connectivity index (χ0) is 11.5. The second kappa shape index (κ2) is 3.51. The Balaban J connectivity index is 1.74. The van der Waals surface area contributed by atoms with Crippen molar-refractivity contribution < 1.29 is 0 Å². The van der Waals surface area contributed by atoms with Crippen molar-refractivity contribution in [2.24, 2.45) is 17.8 Å². The molecule has 0 amide bonds. The molecule has 4 aliphatic rings. The fraction of sp³-hybridized carbons (Fsp3) is 0.625. The van der Waals surface area contributed by atoms with E-state index in [9.17, 15) is 0 Å². The highest BCUT2D eigenvalue weighted by molar-refractivity contribution is 6.30. The summed E-state index contributed by atoms with van der Waals surface area (Å²) in [5, 5.41) is 0.874. The summed E-state index contributed by atoms with van der Waals surface area (Å²) in [4.78, 5) is 0. The van der Waals surface area contributed by atoms with Crippen molar-refractivity contribution in [3.63, 3.8) is 0 Å². The van der Waals surface area contributed by atoms with Crippen LogP contribution in [0.4, 0.5) is 0 Å². The molecule has 0 radical (unpaired) electrons. The molecule has 90 valence electrons. The van der Waals surface area contributed by atoms with E-state index in [0.29, 0.717) is 5.41 Å². The van der Waals surface area contributed by atoms with Gasteiger partial charge in [0.2, 0.25) is 0 Å². The quantitative estimate of drug-likeness (QED) is 0.667. The molecule has 1 aromatic rings. The van der Waals surface area contributed by atoms with E-state index in [-0.39, 0.29) is 0 Å². The largest absolute Gasteiger partial charge is 0.0843 e. The summed E-state index contributed by atoms with van der Waals surface area (Å²) in [6.45, 7) is 0. The van der Waals surface area contributed by atoms with Gasteiger partial charge < -0.3 is 0 Å². The van der Waals surface area contributed by atoms with Crippen LogP contribution in [-0.4, -0.2) is 0 Å². The summed E-state index contributed by atoms with van der Waals surface area (Å²) in [5.41, 5.74) is 2.10. The zero-order valence-corrected chi connectivity index (χ0v) is 10.9. The van der Waals surface area contributed by atoms with Crippen LogP contribution in [0.3, 0.4) is 0 Å². The molecule has 4 bridgehead atoms. The number of halogens is 1. The summed E-state index contributed by atoms with van der Waals surface area (Å²) in [6, 6.07) is 8.73. The van der Waals surface area contributed by atoms with Crippen LogP contribution in [0.1, 0.15) is 44.1 Å². The first-order valence-corrected chi connectivity index (χ1v) is 7.37. The summed E-state index contributed by atoms with van der Waals surface area (Å²) in [6.07, 6.45) is 8.90. The van der Waals surface area contributed by atoms with Crippen LogP contribution < -0.4 is 0 Å². The Bertz CT molecular complexity index is 396. The lowest BCUT2D eigenvalue weighted by atomic mass is 9.48. The molecule has 0 spiro atoms. The van der Waals surface area contributed by atoms with E-state index >= 15 is 0 Å². The van der Waals surface area contributed by atoms with Gasteiger partial charge in [-0.2, -0.15) is 0 Å². The average Bonchev–Trinajstić information content (AvgIpc) is 2.27. The first kappa shape index (κ1) is 10.4. The highest BCUT2D eigenvalue weighted by Gasteiger charge is 2.51. The van der Waals surface area contributed by atoms with Gasteiger partial charge in [-0.3, -0.25) is 0 Å². The molecule has 0 aromatic heterocycles. The third kappa shape index (κ3) is 1.57. The molecule has 1 heteroatoms. The van der Waals surface area contributed by atoms with Gasteiger partial charge in [0.05, 0.1) is 0 Å². The molecule has 0 saturated heterocycles. The van der Waals surface area contributed by atoms with Gasteiger partial charge in [-0.05, 0) is 79.4 Å². The van der Waals surface area contributed by atoms with Crippen molar-refractivity contribution in [3.05, 3.63) is 34.9 Å². The Labute approximate surface area is 108 Å². The minimum atomic E-state index is 0.527. The van der Waals surface area contributed by atoms with Crippen LogP contribution >= 0.6 is 11.6 Å². The van der Waals surface area contributed by atoms with E-state index in [2.05, 4.69) is 24.3 Å². The maximum Gasteiger partial charge on any atom is 0.0406 e. The van der Waals surface area contributed by atoms with Gasteiger partial charge >= 0.3 is 0 Å². The smallest absolute Gasteiger partial charge is 0.0406 e. The van der Waals surface area contributed by atoms with E-state index in [4.69, 9.17) is 11.6 Å². The second-order valence-corrected chi connectivity index (χ2v) is 7.14. The standard InChI is InChI=1S/C16H19Cl/c17-15-3-1-14(2-4-15)16-8-11-5-12(9-16)7-13(6-11)10-16/h1-4,11-13H,5-10H2. The van der Waals surface area contributed by atoms with Crippen molar-refractivity contribution in [1.82, 2.24) is 0 Å². The van der Waals surface area contributed by atoms with Gasteiger partial charge in [0, 0.05) is 5.02 Å². The first-order valence-electron chi connectivity index (χ1n) is 7.00. The molecule has 4 fully saturated rings. The van der Waals surface area contributed by atoms with Crippen molar-refractivity contribution >= 4 is 11.6 Å². The normalized spacial score (nSPS) is 43.0. The lowest BCUT2D eigenvalue weighted by molar-refractivity contribution is -0.00518. The van der Waals surface area contributed by atoms with Gasteiger partial charge in [0.25, 0.3) is 0 Å². The molecule has 17 heavy (non-hydrogen) atoms. The molecule has 0 heterocycles. The highest BCUT2D eigenvalue weighted by Crippen LogP contribution is 2.60. The molecular formula is C16H19Cl. The van der Waals surface area contributed by atoms with Crippen molar-refractivity contribution in [2.45, 2.75) is 43.9 Å². The molecule has 0 atom stereocenters. The van der Waals surface area contributed by atoms with Gasteiger partial charge in [-0.1, -0.05) is 23.7 Å². The van der Waals surface area contributed by atoms with Crippen LogP contribution in [0.5, 0.6) is 0 Å². The summed E-state index contributed by atoms with van der Waals surface area (Å²) >= 11 is 6.02. The summed E-state index contributed by atoms with van der Waals surface area (Å²) < 4.78 is 0. The third-order valence-electron chi connectivity index (χ3n) is 5.49. The molecule has 4 saturated carbocycles. The fourth-order valence-corrected chi connectivity index (χ4v) is 5.39. The van der Waals surface area contributed by atoms with Crippen molar-refractivity contribution in [1.29, 1.82) is 0 Å². The Morgan fingerprint density at radius 3 is 1.76 bits per heavy atom. The molecule has 4 aliphatic carbocycles. The van der Waals surface area contributed by atoms with E-state index in [1.807, 2.05) is 0 Å². The first-order chi connectivity index (χ1) is 8.23. The molecule has 0 aliphatic heterocycles. The SMILES string of the molecule is Clc1ccc(C23CC4CC(CC(C4)C2)C3)cc1. The van der Waals surface area contributed by atoms with E-state index in [0.717, 1.165) is 22.8 Å². The maximum atomic E-state index is 6.02. The predicted molar refractivity (Wildman–Crippen MR) is 71.3 cm³/mol. The van der Waals surface area contributed by atoms with Crippen molar-refractivity contribution in [3.8, 4) is 0 Å². The molecule has 0 unspecified atom stereocenters. The lowest BCUT2D eigenvalue weighted by Crippen LogP contribution is -2.48. The molecule has 1 aromatic carbocycles. The Morgan fingerprint density at radius 2 is 1.29 bits per heavy atom. The molecule has 0 nitrogen and oxygen atoms in total. The van der Waals surface area contributed by atoms with Crippen LogP contribution in [0.15, 0.2) is 24.3 Å². The predicted octanol–water partition coefficient (Wildman–Crippen LogP) is 4.81. The van der Waals surface area contributed by atoms with Gasteiger partial charge in [0.1, 0.15) is 0 Å². The number of rotatable bonds is 1. The van der Waals surface area contributed by atoms with Gasteiger partial charge in [-0.15, -0.1) is 0 Å². The Morgan fingerprint density at radius 1 is 0.824 bits per heavy atom. The number of hydrogen-bond acceptors (Lipinski definition) is 0. The van der Waals surface area contributed by atoms with E-state index in [1.54, 1.807) is 5.56 Å². The molecule has 0 N–H and O–H groups in total. The van der Waals surface area contributed by atoms with Crippen molar-refractivity contribution in [2.75, 3.05) is 0 Å². The van der Waals surface area contributed by atoms with E-state index in [1.165, 1.54) is 38.5 Å². The van der Waals surface area contributed by atoms with Crippen LogP contribution in [0.2, 0.25) is 5.02 Å². The summed E-state index contributed by atoms with van der Waals surface area (Å²) in [5.74, 6) is 3.07. The third-order valence-corrected chi connectivity index (χ3v) is 5.75. The van der Waals surface area contributed by atoms with E-state index < -0.39 is 0 Å². The zero-order valence-electron chi connectivity index (χ0n) is 10.2. The monoisotopic (exact) mass is 246 g/mol. The minimum absolute atomic E-state index is 0.527. The average molecular weight is 247 g/mol. The van der Waals surface area contributed by atoms with Crippen LogP contribution in [0, 0.1) is 17.8 Å². The topological polar surface area (TPSA) is 0 Å². The summed E-state index contributed by atoms with van der Waals surface area (Å²) in [7, 11) is 0. The van der Waals surface area contributed by atoms with Crippen LogP contribution in [-0.2, 0) is 5.41 Å². The lowest BCUT2D eigenvalue weighted by Gasteiger charge is -2.57. The fourth-order valence-electron chi connectivity index (χ4n) is 5.27. The minimum Gasteiger partial charge on any atom is -0.0843 e. The van der Waals surface area contributed by atoms with Crippen LogP contribution in [0.25, 0.3) is 0 Å². The molecular weight excluding hydrogens is 228 g/mol. The Hall–Kier alpha value is -0.490. The number of benzene rings is 1.